The minimum Gasteiger partial charge on any atom is -0.456 e. The number of fused-ring (bicyclic) bond motifs is 22. The number of aromatic nitrogens is 4. The summed E-state index contributed by atoms with van der Waals surface area (Å²) in [6, 6.07) is 123. The molecule has 22 rings (SSSR count). The van der Waals surface area contributed by atoms with Gasteiger partial charge < -0.3 is 27.1 Å². The average molecular weight is 1250 g/mol. The van der Waals surface area contributed by atoms with E-state index in [-0.39, 0.29) is 0 Å². The van der Waals surface area contributed by atoms with Crippen LogP contribution in [-0.2, 0) is 0 Å². The lowest BCUT2D eigenvalue weighted by Crippen LogP contribution is -1.95. The van der Waals surface area contributed by atoms with Crippen LogP contribution in [0.25, 0.3) is 198 Å². The van der Waals surface area contributed by atoms with Gasteiger partial charge in [-0.2, -0.15) is 0 Å². The lowest BCUT2D eigenvalue weighted by Gasteiger charge is -2.12. The van der Waals surface area contributed by atoms with Crippen molar-refractivity contribution < 1.29 is 8.83 Å². The number of hydrogen-bond acceptors (Lipinski definition) is 2. The van der Waals surface area contributed by atoms with Gasteiger partial charge in [-0.15, -0.1) is 0 Å². The van der Waals surface area contributed by atoms with Crippen molar-refractivity contribution in [3.63, 3.8) is 0 Å². The van der Waals surface area contributed by atoms with Crippen molar-refractivity contribution in [3.8, 4) is 45.0 Å². The summed E-state index contributed by atoms with van der Waals surface area (Å²) in [6.07, 6.45) is 0. The highest BCUT2D eigenvalue weighted by Crippen LogP contribution is 2.46. The maximum atomic E-state index is 6.60. The van der Waals surface area contributed by atoms with E-state index in [0.717, 1.165) is 66.3 Å². The van der Waals surface area contributed by atoms with E-state index in [1.54, 1.807) is 0 Å². The van der Waals surface area contributed by atoms with E-state index in [2.05, 4.69) is 346 Å². The molecule has 0 spiro atoms. The van der Waals surface area contributed by atoms with E-state index in [1.807, 2.05) is 12.1 Å². The van der Waals surface area contributed by atoms with Gasteiger partial charge in [-0.3, -0.25) is 0 Å². The lowest BCUT2D eigenvalue weighted by molar-refractivity contribution is 0.669. The smallest absolute Gasteiger partial charge is 0.160 e. The summed E-state index contributed by atoms with van der Waals surface area (Å²) < 4.78 is 22.6. The minimum absolute atomic E-state index is 0.905. The SMILES string of the molecule is c1ccc(-n2c3ccc(-c4ccc5c(c4)c4ccccc4n5-c4cccc5ccccc45)cc3c3ccc4c5ccccc5oc4c32)cc1.c1ccc(-n2c3ccc(-c4ccc5c(c4)c4ccccc4n5-c4cccc5ccccc45)cc3c3ccc4oc5ccccc5c4c32)cc1. The van der Waals surface area contributed by atoms with Crippen LogP contribution in [0.3, 0.4) is 0 Å². The van der Waals surface area contributed by atoms with Gasteiger partial charge in [0.2, 0.25) is 0 Å². The number of furan rings is 2. The molecular weight excluding hydrogens is 1190 g/mol. The predicted octanol–water partition coefficient (Wildman–Crippen LogP) is 25.2. The number of hydrogen-bond donors (Lipinski definition) is 0. The lowest BCUT2D eigenvalue weighted by atomic mass is 10.00. The molecule has 0 unspecified atom stereocenters. The third-order valence-corrected chi connectivity index (χ3v) is 20.6. The Morgan fingerprint density at radius 1 is 0.194 bits per heavy atom. The standard InChI is InChI=1S/2C46H28N2O/c1-2-13-32(14-3-1)47-42-25-21-31(28-39(42)36-23-24-37-35-17-7-9-20-44(35)49-46(37)45(36)47)30-22-26-43-38(27-30)34-16-6-8-18-41(34)48(43)40-19-10-12-29-11-4-5-15-33(29)40;1-2-13-32(14-3-1)47-41-24-21-31(28-38(41)35-23-26-44-45(46(35)47)36-17-7-9-20-43(36)49-44)30-22-25-42-37(27-30)34-16-6-8-18-40(34)48(42)39-19-10-12-29-11-4-5-15-33(29)39/h2*1-28H. The van der Waals surface area contributed by atoms with E-state index < -0.39 is 0 Å². The van der Waals surface area contributed by atoms with Crippen LogP contribution in [-0.4, -0.2) is 18.3 Å². The maximum Gasteiger partial charge on any atom is 0.160 e. The van der Waals surface area contributed by atoms with E-state index in [0.29, 0.717) is 0 Å². The summed E-state index contributed by atoms with van der Waals surface area (Å²) in [7, 11) is 0. The maximum absolute atomic E-state index is 6.60. The molecule has 16 aromatic carbocycles. The largest absolute Gasteiger partial charge is 0.456 e. The summed E-state index contributed by atoms with van der Waals surface area (Å²) in [5, 5.41) is 19.4. The number of benzene rings is 16. The van der Waals surface area contributed by atoms with Crippen molar-refractivity contribution in [2.24, 2.45) is 0 Å². The highest BCUT2D eigenvalue weighted by atomic mass is 16.3. The first-order chi connectivity index (χ1) is 48.6. The second kappa shape index (κ2) is 21.2. The van der Waals surface area contributed by atoms with Gasteiger partial charge >= 0.3 is 0 Å². The van der Waals surface area contributed by atoms with Crippen molar-refractivity contribution in [1.29, 1.82) is 0 Å². The molecule has 0 fully saturated rings. The molecule has 0 aliphatic heterocycles. The van der Waals surface area contributed by atoms with Gasteiger partial charge in [-0.1, -0.05) is 212 Å². The van der Waals surface area contributed by atoms with Crippen LogP contribution in [0.1, 0.15) is 0 Å². The van der Waals surface area contributed by atoms with E-state index in [9.17, 15) is 0 Å². The molecule has 6 heteroatoms. The average Bonchev–Trinajstić information content (AvgIpc) is 1.57. The van der Waals surface area contributed by atoms with Crippen molar-refractivity contribution in [1.82, 2.24) is 18.3 Å². The Labute approximate surface area is 561 Å². The molecule has 456 valence electrons. The van der Waals surface area contributed by atoms with Gasteiger partial charge in [-0.25, -0.2) is 0 Å². The topological polar surface area (TPSA) is 46.0 Å². The van der Waals surface area contributed by atoms with Gasteiger partial charge in [0.1, 0.15) is 16.7 Å². The third-order valence-electron chi connectivity index (χ3n) is 20.6. The molecule has 22 aromatic rings. The predicted molar refractivity (Wildman–Crippen MR) is 411 cm³/mol. The second-order valence-electron chi connectivity index (χ2n) is 25.8. The molecule has 6 nitrogen and oxygen atoms in total. The van der Waals surface area contributed by atoms with Crippen LogP contribution in [0.15, 0.2) is 349 Å². The number of nitrogens with zero attached hydrogens (tertiary/aromatic N) is 4. The Balaban J connectivity index is 0.000000129. The normalized spacial score (nSPS) is 12.1. The molecule has 0 saturated carbocycles. The van der Waals surface area contributed by atoms with Crippen LogP contribution in [0, 0.1) is 0 Å². The zero-order valence-electron chi connectivity index (χ0n) is 52.9. The molecular formula is C92H56N4O2. The molecule has 0 radical (unpaired) electrons. The monoisotopic (exact) mass is 1250 g/mol. The van der Waals surface area contributed by atoms with Gasteiger partial charge in [0.25, 0.3) is 0 Å². The van der Waals surface area contributed by atoms with Crippen molar-refractivity contribution >= 4 is 153 Å². The van der Waals surface area contributed by atoms with E-state index in [1.165, 1.54) is 131 Å². The van der Waals surface area contributed by atoms with Gasteiger partial charge in [0, 0.05) is 81.4 Å². The van der Waals surface area contributed by atoms with Crippen LogP contribution >= 0.6 is 0 Å². The zero-order valence-corrected chi connectivity index (χ0v) is 52.9. The minimum atomic E-state index is 0.905. The van der Waals surface area contributed by atoms with E-state index >= 15 is 0 Å². The number of rotatable bonds is 6. The summed E-state index contributed by atoms with van der Waals surface area (Å²) in [5.74, 6) is 0. The Morgan fingerprint density at radius 3 is 1.09 bits per heavy atom. The Bertz CT molecular complexity index is 7040. The first kappa shape index (κ1) is 54.3. The van der Waals surface area contributed by atoms with E-state index in [4.69, 9.17) is 8.83 Å². The quantitative estimate of drug-likeness (QED) is 0.167. The number of para-hydroxylation sites is 6. The first-order valence-electron chi connectivity index (χ1n) is 33.5. The van der Waals surface area contributed by atoms with Gasteiger partial charge in [-0.05, 0) is 160 Å². The van der Waals surface area contributed by atoms with Gasteiger partial charge in [0.05, 0.1) is 60.9 Å². The van der Waals surface area contributed by atoms with Crippen molar-refractivity contribution in [2.45, 2.75) is 0 Å². The molecule has 0 atom stereocenters. The molecule has 0 saturated heterocycles. The molecule has 0 N–H and O–H groups in total. The molecule has 0 aliphatic carbocycles. The van der Waals surface area contributed by atoms with Crippen LogP contribution in [0.4, 0.5) is 0 Å². The molecule has 98 heavy (non-hydrogen) atoms. The fourth-order valence-electron chi connectivity index (χ4n) is 16.3. The summed E-state index contributed by atoms with van der Waals surface area (Å²) in [5.41, 5.74) is 22.5. The van der Waals surface area contributed by atoms with Crippen LogP contribution in [0.5, 0.6) is 0 Å². The molecule has 0 aliphatic rings. The summed E-state index contributed by atoms with van der Waals surface area (Å²) in [4.78, 5) is 0. The van der Waals surface area contributed by atoms with Gasteiger partial charge in [0.15, 0.2) is 5.58 Å². The highest BCUT2D eigenvalue weighted by molar-refractivity contribution is 6.26. The highest BCUT2D eigenvalue weighted by Gasteiger charge is 2.24. The fraction of sp³-hybridized carbons (Fsp3) is 0. The van der Waals surface area contributed by atoms with Crippen molar-refractivity contribution in [2.75, 3.05) is 0 Å². The Hall–Kier alpha value is -13.2. The molecule has 6 heterocycles. The third kappa shape index (κ3) is 8.03. The summed E-state index contributed by atoms with van der Waals surface area (Å²) in [6.45, 7) is 0. The zero-order chi connectivity index (χ0) is 64.1. The van der Waals surface area contributed by atoms with Crippen LogP contribution in [0.2, 0.25) is 0 Å². The first-order valence-corrected chi connectivity index (χ1v) is 33.5. The second-order valence-corrected chi connectivity index (χ2v) is 25.8. The molecule has 0 bridgehead atoms. The summed E-state index contributed by atoms with van der Waals surface area (Å²) >= 11 is 0. The Kier molecular flexibility index (Phi) is 11.7. The van der Waals surface area contributed by atoms with Crippen LogP contribution < -0.4 is 0 Å². The molecule has 0 amide bonds. The fourth-order valence-corrected chi connectivity index (χ4v) is 16.3. The molecule has 6 aromatic heterocycles. The Morgan fingerprint density at radius 2 is 0.561 bits per heavy atom. The van der Waals surface area contributed by atoms with Crippen molar-refractivity contribution in [3.05, 3.63) is 340 Å².